The molecule has 3 N–H and O–H groups in total. The fourth-order valence-electron chi connectivity index (χ4n) is 2.75. The summed E-state index contributed by atoms with van der Waals surface area (Å²) in [6.07, 6.45) is 1.39. The molecule has 0 spiro atoms. The number of nitrogens with one attached hydrogen (secondary N) is 2. The number of ether oxygens (including phenoxy) is 1. The van der Waals surface area contributed by atoms with Gasteiger partial charge >= 0.3 is 0 Å². The second kappa shape index (κ2) is 8.60. The highest BCUT2D eigenvalue weighted by atomic mass is 16.5. The minimum atomic E-state index is -0.527. The first kappa shape index (κ1) is 18.8. The third-order valence-corrected chi connectivity index (χ3v) is 4.22. The summed E-state index contributed by atoms with van der Waals surface area (Å²) in [4.78, 5) is 12.5. The van der Waals surface area contributed by atoms with E-state index >= 15 is 0 Å². The number of methoxy groups -OCH3 is 1. The van der Waals surface area contributed by atoms with E-state index in [1.54, 1.807) is 43.5 Å². The maximum absolute atomic E-state index is 12.5. The summed E-state index contributed by atoms with van der Waals surface area (Å²) in [5, 5.41) is 26.3. The summed E-state index contributed by atoms with van der Waals surface area (Å²) in [7, 11) is 1.60. The fourth-order valence-corrected chi connectivity index (χ4v) is 2.75. The van der Waals surface area contributed by atoms with Crippen LogP contribution < -0.4 is 15.4 Å². The molecule has 6 nitrogen and oxygen atoms in total. The van der Waals surface area contributed by atoms with E-state index in [0.29, 0.717) is 23.0 Å². The van der Waals surface area contributed by atoms with E-state index < -0.39 is 5.91 Å². The maximum atomic E-state index is 12.5. The Kier molecular flexibility index (Phi) is 5.78. The third-order valence-electron chi connectivity index (χ3n) is 4.22. The number of hydrogen-bond acceptors (Lipinski definition) is 5. The Hall–Kier alpha value is -3.98. The molecule has 1 amide bonds. The zero-order valence-corrected chi connectivity index (χ0v) is 15.3. The number of phenolic OH excluding ortho intramolecular Hbond substituents is 1. The second-order valence-corrected chi connectivity index (χ2v) is 6.03. The largest absolute Gasteiger partial charge is 0.507 e. The van der Waals surface area contributed by atoms with Crippen LogP contribution in [0.15, 0.2) is 72.4 Å². The highest BCUT2D eigenvalue weighted by Crippen LogP contribution is 2.29. The molecule has 0 radical (unpaired) electrons. The van der Waals surface area contributed by atoms with Gasteiger partial charge in [-0.1, -0.05) is 36.4 Å². The summed E-state index contributed by atoms with van der Waals surface area (Å²) in [6.45, 7) is 0.463. The molecular formula is C22H19N3O3. The molecule has 0 heterocycles. The molecule has 0 aliphatic heterocycles. The quantitative estimate of drug-likeness (QED) is 0.452. The summed E-state index contributed by atoms with van der Waals surface area (Å²) in [5.74, 6) is 0.365. The van der Waals surface area contributed by atoms with E-state index in [4.69, 9.17) is 4.74 Å². The SMILES string of the molecule is COc1ccc(CN/C=C(/C#N)C(=O)Nc2cccc3c(O)cccc23)cc1. The number of carbonyl (C=O) groups is 1. The van der Waals surface area contributed by atoms with Crippen LogP contribution in [-0.4, -0.2) is 18.1 Å². The van der Waals surface area contributed by atoms with Crippen LogP contribution in [-0.2, 0) is 11.3 Å². The van der Waals surface area contributed by atoms with Gasteiger partial charge in [0.2, 0.25) is 0 Å². The Morgan fingerprint density at radius 2 is 1.82 bits per heavy atom. The first-order chi connectivity index (χ1) is 13.6. The normalized spacial score (nSPS) is 10.9. The minimum Gasteiger partial charge on any atom is -0.507 e. The van der Waals surface area contributed by atoms with Crippen molar-refractivity contribution in [2.75, 3.05) is 12.4 Å². The average Bonchev–Trinajstić information content (AvgIpc) is 2.72. The molecule has 0 atom stereocenters. The number of hydrogen-bond donors (Lipinski definition) is 3. The van der Waals surface area contributed by atoms with E-state index in [1.165, 1.54) is 6.20 Å². The van der Waals surface area contributed by atoms with Crippen LogP contribution in [0.4, 0.5) is 5.69 Å². The minimum absolute atomic E-state index is 0.0503. The molecule has 3 rings (SSSR count). The number of aromatic hydroxyl groups is 1. The fraction of sp³-hybridized carbons (Fsp3) is 0.0909. The number of rotatable bonds is 6. The third kappa shape index (κ3) is 4.22. The molecule has 0 bridgehead atoms. The predicted octanol–water partition coefficient (Wildman–Crippen LogP) is 3.69. The second-order valence-electron chi connectivity index (χ2n) is 6.03. The van der Waals surface area contributed by atoms with Gasteiger partial charge in [0.05, 0.1) is 7.11 Å². The van der Waals surface area contributed by atoms with Gasteiger partial charge < -0.3 is 20.5 Å². The van der Waals surface area contributed by atoms with Gasteiger partial charge in [0, 0.05) is 29.2 Å². The molecular weight excluding hydrogens is 354 g/mol. The van der Waals surface area contributed by atoms with Gasteiger partial charge in [-0.15, -0.1) is 0 Å². The number of benzene rings is 3. The van der Waals surface area contributed by atoms with Crippen LogP contribution in [0.25, 0.3) is 10.8 Å². The van der Waals surface area contributed by atoms with Crippen LogP contribution in [0, 0.1) is 11.3 Å². The van der Waals surface area contributed by atoms with Crippen molar-refractivity contribution in [3.63, 3.8) is 0 Å². The van der Waals surface area contributed by atoms with Crippen LogP contribution in [0.2, 0.25) is 0 Å². The highest BCUT2D eigenvalue weighted by Gasteiger charge is 2.12. The zero-order valence-electron chi connectivity index (χ0n) is 15.3. The number of carbonyl (C=O) groups excluding carboxylic acids is 1. The summed E-state index contributed by atoms with van der Waals surface area (Å²) in [6, 6.07) is 19.7. The van der Waals surface area contributed by atoms with Gasteiger partial charge in [-0.25, -0.2) is 0 Å². The van der Waals surface area contributed by atoms with Crippen molar-refractivity contribution in [2.24, 2.45) is 0 Å². The first-order valence-electron chi connectivity index (χ1n) is 8.61. The molecule has 0 unspecified atom stereocenters. The monoisotopic (exact) mass is 373 g/mol. The molecule has 0 fully saturated rings. The van der Waals surface area contributed by atoms with Gasteiger partial charge in [0.1, 0.15) is 23.1 Å². The zero-order chi connectivity index (χ0) is 19.9. The smallest absolute Gasteiger partial charge is 0.267 e. The molecule has 0 aliphatic carbocycles. The lowest BCUT2D eigenvalue weighted by Gasteiger charge is -2.09. The number of nitriles is 1. The Balaban J connectivity index is 1.70. The van der Waals surface area contributed by atoms with Crippen molar-refractivity contribution in [2.45, 2.75) is 6.54 Å². The van der Waals surface area contributed by atoms with Gasteiger partial charge in [0.15, 0.2) is 0 Å². The van der Waals surface area contributed by atoms with E-state index in [9.17, 15) is 15.2 Å². The van der Waals surface area contributed by atoms with Crippen molar-refractivity contribution >= 4 is 22.4 Å². The number of amides is 1. The molecule has 0 aliphatic rings. The van der Waals surface area contributed by atoms with Gasteiger partial charge in [-0.05, 0) is 29.8 Å². The molecule has 6 heteroatoms. The summed E-state index contributed by atoms with van der Waals surface area (Å²) < 4.78 is 5.11. The van der Waals surface area contributed by atoms with Crippen molar-refractivity contribution in [3.05, 3.63) is 78.0 Å². The number of phenols is 1. The lowest BCUT2D eigenvalue weighted by molar-refractivity contribution is -0.112. The van der Waals surface area contributed by atoms with E-state index in [0.717, 1.165) is 11.3 Å². The molecule has 3 aromatic rings. The van der Waals surface area contributed by atoms with Crippen LogP contribution in [0.3, 0.4) is 0 Å². The van der Waals surface area contributed by atoms with E-state index in [2.05, 4.69) is 10.6 Å². The van der Waals surface area contributed by atoms with Crippen molar-refractivity contribution in [3.8, 4) is 17.6 Å². The number of nitrogens with zero attached hydrogens (tertiary/aromatic N) is 1. The number of anilines is 1. The van der Waals surface area contributed by atoms with E-state index in [1.807, 2.05) is 30.3 Å². The van der Waals surface area contributed by atoms with Crippen molar-refractivity contribution < 1.29 is 14.6 Å². The Morgan fingerprint density at radius 3 is 2.54 bits per heavy atom. The number of fused-ring (bicyclic) bond motifs is 1. The van der Waals surface area contributed by atoms with Crippen LogP contribution in [0.1, 0.15) is 5.56 Å². The molecule has 140 valence electrons. The van der Waals surface area contributed by atoms with Crippen molar-refractivity contribution in [1.29, 1.82) is 5.26 Å². The lowest BCUT2D eigenvalue weighted by Crippen LogP contribution is -2.16. The van der Waals surface area contributed by atoms with Gasteiger partial charge in [0.25, 0.3) is 5.91 Å². The topological polar surface area (TPSA) is 94.4 Å². The average molecular weight is 373 g/mol. The Bertz CT molecular complexity index is 1070. The van der Waals surface area contributed by atoms with E-state index in [-0.39, 0.29) is 11.3 Å². The molecule has 3 aromatic carbocycles. The van der Waals surface area contributed by atoms with Gasteiger partial charge in [-0.2, -0.15) is 5.26 Å². The standard InChI is InChI=1S/C22H19N3O3/c1-28-17-10-8-15(9-11-17)13-24-14-16(12-23)22(27)25-20-6-2-5-19-18(20)4-3-7-21(19)26/h2-11,14,24,26H,13H2,1H3,(H,25,27)/b16-14-. The van der Waals surface area contributed by atoms with Crippen LogP contribution in [0.5, 0.6) is 11.5 Å². The van der Waals surface area contributed by atoms with Crippen LogP contribution >= 0.6 is 0 Å². The highest BCUT2D eigenvalue weighted by molar-refractivity contribution is 6.11. The first-order valence-corrected chi connectivity index (χ1v) is 8.61. The van der Waals surface area contributed by atoms with Gasteiger partial charge in [-0.3, -0.25) is 4.79 Å². The van der Waals surface area contributed by atoms with Crippen molar-refractivity contribution in [1.82, 2.24) is 5.32 Å². The summed E-state index contributed by atoms with van der Waals surface area (Å²) in [5.41, 5.74) is 1.46. The molecule has 0 aromatic heterocycles. The lowest BCUT2D eigenvalue weighted by atomic mass is 10.1. The molecule has 28 heavy (non-hydrogen) atoms. The molecule has 0 saturated carbocycles. The Labute approximate surface area is 162 Å². The summed E-state index contributed by atoms with van der Waals surface area (Å²) >= 11 is 0. The Morgan fingerprint density at radius 1 is 1.11 bits per heavy atom. The predicted molar refractivity (Wildman–Crippen MR) is 108 cm³/mol. The molecule has 0 saturated heterocycles. The maximum Gasteiger partial charge on any atom is 0.267 e.